The Morgan fingerprint density at radius 3 is 2.32 bits per heavy atom. The molecular formula is C13H22N2O4. The molecule has 3 N–H and O–H groups in total. The average Bonchev–Trinajstić information content (AvgIpc) is 2.90. The Labute approximate surface area is 112 Å². The van der Waals surface area contributed by atoms with Gasteiger partial charge in [0, 0.05) is 19.4 Å². The Hall–Kier alpha value is -1.59. The van der Waals surface area contributed by atoms with Crippen molar-refractivity contribution < 1.29 is 19.5 Å². The Morgan fingerprint density at radius 2 is 1.79 bits per heavy atom. The molecule has 1 unspecified atom stereocenters. The molecule has 1 rings (SSSR count). The number of unbranched alkanes of at least 4 members (excludes halogenated alkanes) is 1. The summed E-state index contributed by atoms with van der Waals surface area (Å²) >= 11 is 0. The molecule has 19 heavy (non-hydrogen) atoms. The van der Waals surface area contributed by atoms with Gasteiger partial charge in [-0.1, -0.05) is 13.8 Å². The third-order valence-electron chi connectivity index (χ3n) is 3.52. The summed E-state index contributed by atoms with van der Waals surface area (Å²) in [5.41, 5.74) is 0.300. The van der Waals surface area contributed by atoms with Crippen molar-refractivity contribution in [2.45, 2.75) is 46.0 Å². The van der Waals surface area contributed by atoms with Crippen molar-refractivity contribution in [3.8, 4) is 0 Å². The van der Waals surface area contributed by atoms with Gasteiger partial charge >= 0.3 is 12.0 Å². The summed E-state index contributed by atoms with van der Waals surface area (Å²) in [5.74, 6) is -0.743. The van der Waals surface area contributed by atoms with Crippen molar-refractivity contribution in [2.75, 3.05) is 6.54 Å². The molecule has 108 valence electrons. The van der Waals surface area contributed by atoms with E-state index in [1.165, 1.54) is 0 Å². The molecule has 1 aliphatic carbocycles. The number of carbonyl (C=O) groups is 3. The van der Waals surface area contributed by atoms with Crippen LogP contribution in [0.3, 0.4) is 0 Å². The van der Waals surface area contributed by atoms with E-state index < -0.39 is 12.0 Å². The second-order valence-electron chi connectivity index (χ2n) is 5.75. The monoisotopic (exact) mass is 270 g/mol. The van der Waals surface area contributed by atoms with Crippen LogP contribution >= 0.6 is 0 Å². The average molecular weight is 270 g/mol. The first kappa shape index (κ1) is 15.5. The summed E-state index contributed by atoms with van der Waals surface area (Å²) in [6, 6.07) is -0.467. The number of carboxylic acids is 1. The van der Waals surface area contributed by atoms with Crippen LogP contribution < -0.4 is 10.6 Å². The number of carbonyl (C=O) groups excluding carboxylic acids is 2. The number of nitrogens with one attached hydrogen (secondary N) is 2. The summed E-state index contributed by atoms with van der Waals surface area (Å²) in [6.45, 7) is 4.88. The molecule has 1 saturated carbocycles. The van der Waals surface area contributed by atoms with Crippen LogP contribution in [0.15, 0.2) is 0 Å². The van der Waals surface area contributed by atoms with Gasteiger partial charge in [-0.15, -0.1) is 0 Å². The molecule has 1 aliphatic rings. The van der Waals surface area contributed by atoms with Gasteiger partial charge in [0.25, 0.3) is 0 Å². The lowest BCUT2D eigenvalue weighted by molar-refractivity contribution is -0.137. The van der Waals surface area contributed by atoms with Crippen molar-refractivity contribution in [1.29, 1.82) is 0 Å². The topological polar surface area (TPSA) is 95.5 Å². The van der Waals surface area contributed by atoms with Gasteiger partial charge in [0.2, 0.25) is 5.91 Å². The predicted octanol–water partition coefficient (Wildman–Crippen LogP) is 1.50. The molecule has 0 heterocycles. The Morgan fingerprint density at radius 1 is 1.21 bits per heavy atom. The molecule has 0 radical (unpaired) electrons. The number of imide groups is 1. The number of rotatable bonds is 7. The second kappa shape index (κ2) is 6.54. The van der Waals surface area contributed by atoms with E-state index in [1.54, 1.807) is 0 Å². The standard InChI is InChI=1S/C13H22N2O4/c1-13(2)7-9(13)8-14-12(19)15-10(16)5-3-4-6-11(17)18/h9H,3-8H2,1-2H3,(H,17,18)(H2,14,15,16,19). The third-order valence-corrected chi connectivity index (χ3v) is 3.52. The maximum Gasteiger partial charge on any atom is 0.321 e. The minimum atomic E-state index is -0.870. The normalized spacial score (nSPS) is 19.6. The molecule has 0 bridgehead atoms. The minimum absolute atomic E-state index is 0.0518. The van der Waals surface area contributed by atoms with E-state index in [4.69, 9.17) is 5.11 Å². The summed E-state index contributed by atoms with van der Waals surface area (Å²) < 4.78 is 0. The highest BCUT2D eigenvalue weighted by Gasteiger charge is 2.45. The first-order chi connectivity index (χ1) is 8.81. The van der Waals surface area contributed by atoms with Gasteiger partial charge < -0.3 is 10.4 Å². The zero-order valence-corrected chi connectivity index (χ0v) is 11.5. The van der Waals surface area contributed by atoms with Crippen LogP contribution in [0.5, 0.6) is 0 Å². The number of aliphatic carboxylic acids is 1. The lowest BCUT2D eigenvalue weighted by atomic mass is 10.1. The molecule has 0 aromatic carbocycles. The van der Waals surface area contributed by atoms with Gasteiger partial charge in [-0.25, -0.2) is 4.79 Å². The van der Waals surface area contributed by atoms with Crippen LogP contribution in [-0.2, 0) is 9.59 Å². The number of hydrogen-bond acceptors (Lipinski definition) is 3. The molecule has 1 fully saturated rings. The van der Waals surface area contributed by atoms with Crippen LogP contribution in [0.2, 0.25) is 0 Å². The molecule has 0 aromatic rings. The SMILES string of the molecule is CC1(C)CC1CNC(=O)NC(=O)CCCCC(=O)O. The quantitative estimate of drug-likeness (QED) is 0.611. The maximum atomic E-state index is 11.4. The van der Waals surface area contributed by atoms with Gasteiger partial charge in [-0.2, -0.15) is 0 Å². The molecular weight excluding hydrogens is 248 g/mol. The van der Waals surface area contributed by atoms with Gasteiger partial charge in [0.15, 0.2) is 0 Å². The van der Waals surface area contributed by atoms with Crippen molar-refractivity contribution in [3.05, 3.63) is 0 Å². The molecule has 0 spiro atoms. The molecule has 1 atom stereocenters. The summed E-state index contributed by atoms with van der Waals surface area (Å²) in [6.07, 6.45) is 2.24. The minimum Gasteiger partial charge on any atom is -0.481 e. The van der Waals surface area contributed by atoms with Crippen molar-refractivity contribution in [1.82, 2.24) is 10.6 Å². The van der Waals surface area contributed by atoms with E-state index in [-0.39, 0.29) is 18.7 Å². The van der Waals surface area contributed by atoms with Crippen LogP contribution in [-0.4, -0.2) is 29.6 Å². The Balaban J connectivity index is 2.04. The lowest BCUT2D eigenvalue weighted by Gasteiger charge is -2.07. The smallest absolute Gasteiger partial charge is 0.321 e. The van der Waals surface area contributed by atoms with E-state index in [1.807, 2.05) is 0 Å². The van der Waals surface area contributed by atoms with Crippen LogP contribution in [0.4, 0.5) is 4.79 Å². The van der Waals surface area contributed by atoms with Crippen molar-refractivity contribution in [2.24, 2.45) is 11.3 Å². The zero-order chi connectivity index (χ0) is 14.5. The third kappa shape index (κ3) is 6.22. The van der Waals surface area contributed by atoms with E-state index >= 15 is 0 Å². The first-order valence-corrected chi connectivity index (χ1v) is 6.61. The maximum absolute atomic E-state index is 11.4. The van der Waals surface area contributed by atoms with Gasteiger partial charge in [0.1, 0.15) is 0 Å². The van der Waals surface area contributed by atoms with Gasteiger partial charge in [-0.05, 0) is 30.6 Å². The lowest BCUT2D eigenvalue weighted by Crippen LogP contribution is -2.40. The second-order valence-corrected chi connectivity index (χ2v) is 5.75. The highest BCUT2D eigenvalue weighted by atomic mass is 16.4. The highest BCUT2D eigenvalue weighted by Crippen LogP contribution is 2.50. The highest BCUT2D eigenvalue weighted by molar-refractivity contribution is 5.94. The molecule has 0 aliphatic heterocycles. The van der Waals surface area contributed by atoms with Gasteiger partial charge in [-0.3, -0.25) is 14.9 Å². The van der Waals surface area contributed by atoms with Crippen LogP contribution in [0.1, 0.15) is 46.0 Å². The predicted molar refractivity (Wildman–Crippen MR) is 69.5 cm³/mol. The summed E-state index contributed by atoms with van der Waals surface area (Å²) in [4.78, 5) is 33.0. The number of urea groups is 1. The largest absolute Gasteiger partial charge is 0.481 e. The first-order valence-electron chi connectivity index (χ1n) is 6.61. The number of hydrogen-bond donors (Lipinski definition) is 3. The molecule has 0 saturated heterocycles. The molecule has 6 heteroatoms. The van der Waals surface area contributed by atoms with Gasteiger partial charge in [0.05, 0.1) is 0 Å². The van der Waals surface area contributed by atoms with Crippen molar-refractivity contribution in [3.63, 3.8) is 0 Å². The number of amides is 3. The van der Waals surface area contributed by atoms with E-state index in [2.05, 4.69) is 24.5 Å². The summed E-state index contributed by atoms with van der Waals surface area (Å²) in [7, 11) is 0. The Kier molecular flexibility index (Phi) is 5.32. The molecule has 0 aromatic heterocycles. The van der Waals surface area contributed by atoms with E-state index in [9.17, 15) is 14.4 Å². The van der Waals surface area contributed by atoms with E-state index in [0.29, 0.717) is 30.7 Å². The zero-order valence-electron chi connectivity index (χ0n) is 11.5. The Bertz CT molecular complexity index is 366. The van der Waals surface area contributed by atoms with Crippen molar-refractivity contribution >= 4 is 17.9 Å². The van der Waals surface area contributed by atoms with E-state index in [0.717, 1.165) is 6.42 Å². The van der Waals surface area contributed by atoms with Crippen LogP contribution in [0.25, 0.3) is 0 Å². The molecule has 3 amide bonds. The summed E-state index contributed by atoms with van der Waals surface area (Å²) in [5, 5.41) is 13.3. The fraction of sp³-hybridized carbons (Fsp3) is 0.769. The fourth-order valence-corrected chi connectivity index (χ4v) is 1.94. The van der Waals surface area contributed by atoms with Crippen LogP contribution in [0, 0.1) is 11.3 Å². The number of carboxylic acid groups (broad SMARTS) is 1. The fourth-order valence-electron chi connectivity index (χ4n) is 1.94. The molecule has 6 nitrogen and oxygen atoms in total.